The highest BCUT2D eigenvalue weighted by atomic mass is 35.5. The van der Waals surface area contributed by atoms with Gasteiger partial charge in [-0.3, -0.25) is 14.9 Å². The molecule has 0 N–H and O–H groups in total. The van der Waals surface area contributed by atoms with E-state index in [4.69, 9.17) is 11.6 Å². The zero-order valence-electron chi connectivity index (χ0n) is 15.7. The number of rotatable bonds is 3. The largest absolute Gasteiger partial charge is 0.370 e. The Morgan fingerprint density at radius 1 is 1.18 bits per heavy atom. The van der Waals surface area contributed by atoms with Gasteiger partial charge in [0.05, 0.1) is 15.6 Å². The summed E-state index contributed by atoms with van der Waals surface area (Å²) in [6, 6.07) is 11.1. The molecule has 7 heteroatoms. The van der Waals surface area contributed by atoms with Gasteiger partial charge < -0.3 is 9.80 Å². The molecule has 6 nitrogen and oxygen atoms in total. The lowest BCUT2D eigenvalue weighted by Gasteiger charge is -2.35. The summed E-state index contributed by atoms with van der Waals surface area (Å²) in [4.78, 5) is 27.7. The summed E-state index contributed by atoms with van der Waals surface area (Å²) in [6.45, 7) is 4.02. The number of carbonyl (C=O) groups excluding carboxylic acids is 1. The van der Waals surface area contributed by atoms with Crippen LogP contribution in [0.3, 0.4) is 0 Å². The van der Waals surface area contributed by atoms with Gasteiger partial charge in [-0.05, 0) is 43.4 Å². The quantitative estimate of drug-likeness (QED) is 0.568. The smallest absolute Gasteiger partial charge is 0.271 e. The van der Waals surface area contributed by atoms with Crippen LogP contribution in [0.2, 0.25) is 5.02 Å². The fourth-order valence-electron chi connectivity index (χ4n) is 4.36. The van der Waals surface area contributed by atoms with E-state index in [2.05, 4.69) is 11.0 Å². The molecule has 0 bridgehead atoms. The van der Waals surface area contributed by atoms with Crippen LogP contribution in [0.5, 0.6) is 0 Å². The van der Waals surface area contributed by atoms with Crippen LogP contribution in [0.25, 0.3) is 0 Å². The van der Waals surface area contributed by atoms with Crippen LogP contribution in [0.4, 0.5) is 17.1 Å². The van der Waals surface area contributed by atoms with Gasteiger partial charge in [-0.2, -0.15) is 0 Å². The van der Waals surface area contributed by atoms with E-state index in [1.54, 1.807) is 6.07 Å². The van der Waals surface area contributed by atoms with Crippen LogP contribution in [-0.2, 0) is 11.2 Å². The molecule has 2 aromatic rings. The second kappa shape index (κ2) is 7.43. The van der Waals surface area contributed by atoms with Crippen molar-refractivity contribution in [2.24, 2.45) is 5.92 Å². The van der Waals surface area contributed by atoms with E-state index >= 15 is 0 Å². The van der Waals surface area contributed by atoms with Crippen molar-refractivity contribution in [1.29, 1.82) is 0 Å². The maximum absolute atomic E-state index is 13.1. The van der Waals surface area contributed by atoms with Crippen LogP contribution < -0.4 is 9.80 Å². The molecule has 2 aliphatic rings. The molecule has 1 fully saturated rings. The summed E-state index contributed by atoms with van der Waals surface area (Å²) in [6.07, 6.45) is 2.42. The Kier molecular flexibility index (Phi) is 4.98. The lowest BCUT2D eigenvalue weighted by Crippen LogP contribution is -2.42. The Morgan fingerprint density at radius 3 is 2.57 bits per heavy atom. The fraction of sp³-hybridized carbons (Fsp3) is 0.381. The molecule has 0 spiro atoms. The standard InChI is InChI=1S/C21H22ClN3O3/c1-14-12-17(25(27)28)13-18(22)20(14)23-9-6-16(7-10-23)21(26)24-11-8-15-4-2-3-5-19(15)24/h2-5,12-13,16H,6-11H2,1H3. The first kappa shape index (κ1) is 18.7. The second-order valence-electron chi connectivity index (χ2n) is 7.48. The number of nitro benzene ring substituents is 1. The minimum Gasteiger partial charge on any atom is -0.370 e. The molecular weight excluding hydrogens is 378 g/mol. The zero-order valence-corrected chi connectivity index (χ0v) is 16.5. The number of aryl methyl sites for hydroxylation is 1. The summed E-state index contributed by atoms with van der Waals surface area (Å²) >= 11 is 6.35. The van der Waals surface area contributed by atoms with Crippen LogP contribution in [0, 0.1) is 23.0 Å². The van der Waals surface area contributed by atoms with Crippen LogP contribution >= 0.6 is 11.6 Å². The molecule has 1 saturated heterocycles. The third-order valence-corrected chi connectivity index (χ3v) is 6.05. The van der Waals surface area contributed by atoms with E-state index in [0.29, 0.717) is 18.1 Å². The van der Waals surface area contributed by atoms with Gasteiger partial charge in [0, 0.05) is 43.4 Å². The Bertz CT molecular complexity index is 915. The molecule has 0 atom stereocenters. The molecule has 0 aliphatic carbocycles. The molecule has 2 aromatic carbocycles. The molecular formula is C21H22ClN3O3. The lowest BCUT2D eigenvalue weighted by molar-refractivity contribution is -0.384. The number of carbonyl (C=O) groups is 1. The van der Waals surface area contributed by atoms with Crippen molar-refractivity contribution < 1.29 is 9.72 Å². The minimum absolute atomic E-state index is 0.000430. The number of hydrogen-bond acceptors (Lipinski definition) is 4. The molecule has 2 heterocycles. The normalized spacial score (nSPS) is 16.9. The number of benzene rings is 2. The molecule has 4 rings (SSSR count). The number of piperidine rings is 1. The number of non-ortho nitro benzene ring substituents is 1. The Labute approximate surface area is 168 Å². The van der Waals surface area contributed by atoms with Gasteiger partial charge in [-0.25, -0.2) is 0 Å². The third kappa shape index (κ3) is 3.33. The van der Waals surface area contributed by atoms with E-state index in [1.807, 2.05) is 30.0 Å². The zero-order chi connectivity index (χ0) is 19.8. The van der Waals surface area contributed by atoms with Crippen molar-refractivity contribution in [3.05, 3.63) is 62.7 Å². The van der Waals surface area contributed by atoms with Gasteiger partial charge in [-0.1, -0.05) is 29.8 Å². The van der Waals surface area contributed by atoms with Gasteiger partial charge in [-0.15, -0.1) is 0 Å². The Balaban J connectivity index is 1.46. The molecule has 0 saturated carbocycles. The molecule has 0 unspecified atom stereocenters. The number of para-hydroxylation sites is 1. The second-order valence-corrected chi connectivity index (χ2v) is 7.89. The summed E-state index contributed by atoms with van der Waals surface area (Å²) in [7, 11) is 0. The summed E-state index contributed by atoms with van der Waals surface area (Å²) in [5.74, 6) is 0.204. The van der Waals surface area contributed by atoms with Crippen molar-refractivity contribution in [3.8, 4) is 0 Å². The fourth-order valence-corrected chi connectivity index (χ4v) is 4.74. The molecule has 146 valence electrons. The molecule has 1 amide bonds. The monoisotopic (exact) mass is 399 g/mol. The maximum atomic E-state index is 13.1. The number of fused-ring (bicyclic) bond motifs is 1. The van der Waals surface area contributed by atoms with Crippen LogP contribution in [0.1, 0.15) is 24.0 Å². The lowest BCUT2D eigenvalue weighted by atomic mass is 9.94. The molecule has 0 radical (unpaired) electrons. The first-order chi connectivity index (χ1) is 13.5. The van der Waals surface area contributed by atoms with Crippen LogP contribution in [-0.4, -0.2) is 30.5 Å². The van der Waals surface area contributed by atoms with E-state index in [-0.39, 0.29) is 17.5 Å². The number of nitrogens with zero attached hydrogens (tertiary/aromatic N) is 3. The molecule has 28 heavy (non-hydrogen) atoms. The van der Waals surface area contributed by atoms with Gasteiger partial charge in [0.15, 0.2) is 0 Å². The Hall–Kier alpha value is -2.60. The van der Waals surface area contributed by atoms with Crippen molar-refractivity contribution >= 4 is 34.6 Å². The predicted molar refractivity (Wildman–Crippen MR) is 110 cm³/mol. The number of halogens is 1. The average molecular weight is 400 g/mol. The van der Waals surface area contributed by atoms with Crippen molar-refractivity contribution in [3.63, 3.8) is 0 Å². The van der Waals surface area contributed by atoms with Gasteiger partial charge in [0.2, 0.25) is 5.91 Å². The Morgan fingerprint density at radius 2 is 1.89 bits per heavy atom. The number of nitro groups is 1. The highest BCUT2D eigenvalue weighted by Crippen LogP contribution is 2.37. The SMILES string of the molecule is Cc1cc([N+](=O)[O-])cc(Cl)c1N1CCC(C(=O)N2CCc3ccccc32)CC1. The third-order valence-electron chi connectivity index (χ3n) is 5.76. The summed E-state index contributed by atoms with van der Waals surface area (Å²) in [5.41, 5.74) is 3.91. The highest BCUT2D eigenvalue weighted by Gasteiger charge is 2.33. The molecule has 0 aromatic heterocycles. The van der Waals surface area contributed by atoms with Gasteiger partial charge >= 0.3 is 0 Å². The number of amides is 1. The number of hydrogen-bond donors (Lipinski definition) is 0. The minimum atomic E-state index is -0.429. The summed E-state index contributed by atoms with van der Waals surface area (Å²) < 4.78 is 0. The highest BCUT2D eigenvalue weighted by molar-refractivity contribution is 6.33. The maximum Gasteiger partial charge on any atom is 0.271 e. The van der Waals surface area contributed by atoms with Crippen LogP contribution in [0.15, 0.2) is 36.4 Å². The van der Waals surface area contributed by atoms with Gasteiger partial charge in [0.25, 0.3) is 5.69 Å². The van der Waals surface area contributed by atoms with E-state index in [0.717, 1.165) is 42.7 Å². The van der Waals surface area contributed by atoms with E-state index < -0.39 is 4.92 Å². The first-order valence-corrected chi connectivity index (χ1v) is 9.92. The van der Waals surface area contributed by atoms with E-state index in [1.165, 1.54) is 11.6 Å². The van der Waals surface area contributed by atoms with Gasteiger partial charge in [0.1, 0.15) is 0 Å². The summed E-state index contributed by atoms with van der Waals surface area (Å²) in [5, 5.41) is 11.4. The van der Waals surface area contributed by atoms with Crippen molar-refractivity contribution in [1.82, 2.24) is 0 Å². The van der Waals surface area contributed by atoms with E-state index in [9.17, 15) is 14.9 Å². The molecule has 2 aliphatic heterocycles. The predicted octanol–water partition coefficient (Wildman–Crippen LogP) is 4.36. The first-order valence-electron chi connectivity index (χ1n) is 9.54. The van der Waals surface area contributed by atoms with Crippen molar-refractivity contribution in [2.75, 3.05) is 29.4 Å². The number of anilines is 2. The topological polar surface area (TPSA) is 66.7 Å². The average Bonchev–Trinajstić information content (AvgIpc) is 3.11. The van der Waals surface area contributed by atoms with Crippen molar-refractivity contribution in [2.45, 2.75) is 26.2 Å².